The van der Waals surface area contributed by atoms with Crippen LogP contribution in [0.2, 0.25) is 0 Å². The van der Waals surface area contributed by atoms with E-state index in [0.717, 1.165) is 0 Å². The van der Waals surface area contributed by atoms with Crippen LogP contribution in [0.3, 0.4) is 0 Å². The molecular weight excluding hydrogens is 168 g/mol. The Hall–Kier alpha value is -0.240. The summed E-state index contributed by atoms with van der Waals surface area (Å²) in [7, 11) is 0. The quantitative estimate of drug-likeness (QED) is 0.249. The first kappa shape index (κ1) is 9.85. The van der Waals surface area contributed by atoms with E-state index in [1.54, 1.807) is 0 Å². The highest BCUT2D eigenvalue weighted by atomic mass is 16.5. The van der Waals surface area contributed by atoms with Crippen molar-refractivity contribution in [1.29, 1.82) is 0 Å². The molecule has 6 nitrogen and oxygen atoms in total. The van der Waals surface area contributed by atoms with Crippen LogP contribution in [0.4, 0.5) is 0 Å². The Morgan fingerprint density at radius 1 is 1.25 bits per heavy atom. The van der Waals surface area contributed by atoms with E-state index in [4.69, 9.17) is 25.5 Å². The highest BCUT2D eigenvalue weighted by Gasteiger charge is 2.68. The van der Waals surface area contributed by atoms with Crippen LogP contribution < -0.4 is 0 Å². The van der Waals surface area contributed by atoms with Gasteiger partial charge in [0.2, 0.25) is 0 Å². The Labute approximate surface area is 68.3 Å². The van der Waals surface area contributed by atoms with Crippen molar-refractivity contribution in [1.82, 2.24) is 0 Å². The van der Waals surface area contributed by atoms with Crippen LogP contribution in [0, 0.1) is 5.92 Å². The number of aliphatic hydroxyl groups is 6. The zero-order valence-corrected chi connectivity index (χ0v) is 6.20. The largest absolute Gasteiger partial charge is 0.396 e. The molecular formula is C6H12O6. The monoisotopic (exact) mass is 180 g/mol. The first-order chi connectivity index (χ1) is 5.46. The Bertz CT molecular complexity index is 171. The van der Waals surface area contributed by atoms with Gasteiger partial charge < -0.3 is 30.6 Å². The van der Waals surface area contributed by atoms with Gasteiger partial charge in [-0.2, -0.15) is 0 Å². The molecule has 0 aromatic rings. The topological polar surface area (TPSA) is 121 Å². The van der Waals surface area contributed by atoms with Gasteiger partial charge in [-0.3, -0.25) is 0 Å². The smallest absolute Gasteiger partial charge is 0.181 e. The van der Waals surface area contributed by atoms with Gasteiger partial charge in [0.15, 0.2) is 6.29 Å². The Morgan fingerprint density at radius 3 is 2.00 bits per heavy atom. The van der Waals surface area contributed by atoms with Gasteiger partial charge in [0, 0.05) is 5.92 Å². The first-order valence-electron chi connectivity index (χ1n) is 3.51. The number of hydrogen-bond acceptors (Lipinski definition) is 6. The minimum Gasteiger partial charge on any atom is -0.396 e. The van der Waals surface area contributed by atoms with E-state index in [0.29, 0.717) is 0 Å². The fourth-order valence-corrected chi connectivity index (χ4v) is 1.33. The molecule has 1 aliphatic rings. The molecule has 1 rings (SSSR count). The summed E-state index contributed by atoms with van der Waals surface area (Å²) in [5.74, 6) is -0.908. The summed E-state index contributed by atoms with van der Waals surface area (Å²) in [5, 5.41) is 52.8. The molecule has 0 aliphatic heterocycles. The first-order valence-corrected chi connectivity index (χ1v) is 3.51. The van der Waals surface area contributed by atoms with Crippen molar-refractivity contribution in [3.8, 4) is 0 Å². The minimum atomic E-state index is -2.12. The van der Waals surface area contributed by atoms with E-state index in [9.17, 15) is 5.11 Å². The van der Waals surface area contributed by atoms with Crippen LogP contribution in [-0.2, 0) is 0 Å². The van der Waals surface area contributed by atoms with Gasteiger partial charge in [0.05, 0.1) is 12.7 Å². The predicted molar refractivity (Wildman–Crippen MR) is 35.8 cm³/mol. The minimum absolute atomic E-state index is 0.512. The zero-order chi connectivity index (χ0) is 9.52. The SMILES string of the molecule is OCC1C(O)C1(O)C(O)C(O)O. The average molecular weight is 180 g/mol. The Kier molecular flexibility index (Phi) is 2.39. The summed E-state index contributed by atoms with van der Waals surface area (Å²) < 4.78 is 0. The number of aliphatic hydroxyl groups excluding tert-OH is 4. The van der Waals surface area contributed by atoms with Gasteiger partial charge in [-0.05, 0) is 0 Å². The molecule has 12 heavy (non-hydrogen) atoms. The molecule has 0 radical (unpaired) electrons. The van der Waals surface area contributed by atoms with Gasteiger partial charge >= 0.3 is 0 Å². The van der Waals surface area contributed by atoms with Gasteiger partial charge in [0.25, 0.3) is 0 Å². The van der Waals surface area contributed by atoms with Crippen molar-refractivity contribution in [2.75, 3.05) is 6.61 Å². The zero-order valence-electron chi connectivity index (χ0n) is 6.20. The second-order valence-electron chi connectivity index (χ2n) is 2.98. The van der Waals surface area contributed by atoms with Crippen molar-refractivity contribution in [3.05, 3.63) is 0 Å². The third-order valence-corrected chi connectivity index (χ3v) is 2.29. The predicted octanol–water partition coefficient (Wildman–Crippen LogP) is -3.63. The molecule has 6 heteroatoms. The lowest BCUT2D eigenvalue weighted by Gasteiger charge is -2.19. The van der Waals surface area contributed by atoms with E-state index in [-0.39, 0.29) is 0 Å². The van der Waals surface area contributed by atoms with E-state index in [1.165, 1.54) is 0 Å². The van der Waals surface area contributed by atoms with Crippen molar-refractivity contribution >= 4 is 0 Å². The third-order valence-electron chi connectivity index (χ3n) is 2.29. The van der Waals surface area contributed by atoms with Crippen molar-refractivity contribution in [3.63, 3.8) is 0 Å². The summed E-state index contributed by atoms with van der Waals surface area (Å²) in [6.07, 6.45) is -5.29. The van der Waals surface area contributed by atoms with Crippen molar-refractivity contribution < 1.29 is 30.6 Å². The van der Waals surface area contributed by atoms with E-state index >= 15 is 0 Å². The molecule has 0 bridgehead atoms. The lowest BCUT2D eigenvalue weighted by molar-refractivity contribution is -0.176. The molecule has 1 saturated carbocycles. The molecule has 1 fully saturated rings. The normalized spacial score (nSPS) is 43.2. The molecule has 1 aliphatic carbocycles. The molecule has 0 aromatic carbocycles. The maximum absolute atomic E-state index is 9.32. The summed E-state index contributed by atoms with van der Waals surface area (Å²) in [4.78, 5) is 0. The van der Waals surface area contributed by atoms with E-state index in [1.807, 2.05) is 0 Å². The maximum Gasteiger partial charge on any atom is 0.181 e. The summed E-state index contributed by atoms with van der Waals surface area (Å²) in [6.45, 7) is -0.512. The fourth-order valence-electron chi connectivity index (χ4n) is 1.33. The van der Waals surface area contributed by atoms with Gasteiger partial charge in [-0.25, -0.2) is 0 Å². The van der Waals surface area contributed by atoms with Crippen LogP contribution in [0.1, 0.15) is 0 Å². The summed E-state index contributed by atoms with van der Waals surface area (Å²) in [6, 6.07) is 0. The molecule has 0 spiro atoms. The van der Waals surface area contributed by atoms with Gasteiger partial charge in [-0.1, -0.05) is 0 Å². The molecule has 4 unspecified atom stereocenters. The van der Waals surface area contributed by atoms with Crippen LogP contribution in [0.25, 0.3) is 0 Å². The third kappa shape index (κ3) is 1.13. The van der Waals surface area contributed by atoms with Crippen molar-refractivity contribution in [2.24, 2.45) is 5.92 Å². The van der Waals surface area contributed by atoms with Gasteiger partial charge in [0.1, 0.15) is 11.7 Å². The lowest BCUT2D eigenvalue weighted by Crippen LogP contribution is -2.42. The molecule has 0 heterocycles. The molecule has 72 valence electrons. The summed E-state index contributed by atoms with van der Waals surface area (Å²) >= 11 is 0. The standard InChI is InChI=1S/C6H12O6/c7-1-2-3(8)6(2,12)4(9)5(10)11/h2-5,7-12H,1H2. The second-order valence-corrected chi connectivity index (χ2v) is 2.98. The molecule has 0 aromatic heterocycles. The molecule has 6 N–H and O–H groups in total. The molecule has 0 amide bonds. The maximum atomic E-state index is 9.32. The van der Waals surface area contributed by atoms with E-state index in [2.05, 4.69) is 0 Å². The van der Waals surface area contributed by atoms with E-state index < -0.39 is 36.6 Å². The average Bonchev–Trinajstić information content (AvgIpc) is 2.54. The fraction of sp³-hybridized carbons (Fsp3) is 1.00. The van der Waals surface area contributed by atoms with Crippen LogP contribution in [0.15, 0.2) is 0 Å². The Morgan fingerprint density at radius 2 is 1.75 bits per heavy atom. The highest BCUT2D eigenvalue weighted by Crippen LogP contribution is 2.46. The molecule has 0 saturated heterocycles. The number of hydrogen-bond donors (Lipinski definition) is 6. The Balaban J connectivity index is 2.63. The van der Waals surface area contributed by atoms with Crippen LogP contribution in [0.5, 0.6) is 0 Å². The van der Waals surface area contributed by atoms with Gasteiger partial charge in [-0.15, -0.1) is 0 Å². The van der Waals surface area contributed by atoms with Crippen LogP contribution >= 0.6 is 0 Å². The van der Waals surface area contributed by atoms with Crippen molar-refractivity contribution in [2.45, 2.75) is 24.1 Å². The van der Waals surface area contributed by atoms with Crippen LogP contribution in [-0.4, -0.2) is 61.3 Å². The number of rotatable bonds is 3. The second kappa shape index (κ2) is 2.91. The lowest BCUT2D eigenvalue weighted by atomic mass is 10.1. The molecule has 4 atom stereocenters. The summed E-state index contributed by atoms with van der Waals surface area (Å²) in [5.41, 5.74) is -1.98. The highest BCUT2D eigenvalue weighted by molar-refractivity contribution is 5.17.